The van der Waals surface area contributed by atoms with Crippen molar-refractivity contribution in [1.29, 1.82) is 0 Å². The molecule has 1 fully saturated rings. The summed E-state index contributed by atoms with van der Waals surface area (Å²) in [6.07, 6.45) is 2.60. The number of hydrogen-bond acceptors (Lipinski definition) is 6. The molecule has 4 atom stereocenters. The van der Waals surface area contributed by atoms with Crippen molar-refractivity contribution in [1.82, 2.24) is 10.3 Å². The number of benzene rings is 2. The van der Waals surface area contributed by atoms with E-state index >= 15 is 4.39 Å². The minimum Gasteiger partial charge on any atom is -0.495 e. The van der Waals surface area contributed by atoms with E-state index in [9.17, 15) is 9.59 Å². The molecule has 1 saturated heterocycles. The zero-order chi connectivity index (χ0) is 31.3. The number of rotatable bonds is 7. The quantitative estimate of drug-likeness (QED) is 0.263. The molecule has 3 heterocycles. The first-order valence-electron chi connectivity index (χ1n) is 14.5. The topological polar surface area (TPSA) is 118 Å². The number of pyridine rings is 1. The number of fused-ring (bicyclic) bond motifs is 2. The summed E-state index contributed by atoms with van der Waals surface area (Å²) in [5, 5.41) is 10.2. The highest BCUT2D eigenvalue weighted by Gasteiger charge is 2.62. The summed E-state index contributed by atoms with van der Waals surface area (Å²) >= 11 is 6.34. The fraction of sp³-hybridized carbons (Fsp3) is 0.424. The highest BCUT2D eigenvalue weighted by atomic mass is 35.5. The predicted molar refractivity (Wildman–Crippen MR) is 168 cm³/mol. The number of carbonyl (C=O) groups is 2. The van der Waals surface area contributed by atoms with E-state index < -0.39 is 29.1 Å². The molecule has 5 N–H and O–H groups in total. The van der Waals surface area contributed by atoms with Crippen LogP contribution in [0.4, 0.5) is 15.8 Å². The van der Waals surface area contributed by atoms with Gasteiger partial charge in [-0.3, -0.25) is 14.6 Å². The number of halogens is 2. The Bertz CT molecular complexity index is 1570. The minimum atomic E-state index is -0.849. The fourth-order valence-corrected chi connectivity index (χ4v) is 6.84. The van der Waals surface area contributed by atoms with Crippen LogP contribution < -0.4 is 26.4 Å². The Morgan fingerprint density at radius 2 is 1.98 bits per heavy atom. The van der Waals surface area contributed by atoms with Crippen molar-refractivity contribution in [2.24, 2.45) is 11.1 Å². The monoisotopic (exact) mass is 607 g/mol. The van der Waals surface area contributed by atoms with Crippen LogP contribution in [0.25, 0.3) is 0 Å². The van der Waals surface area contributed by atoms with Gasteiger partial charge in [-0.15, -0.1) is 0 Å². The van der Waals surface area contributed by atoms with Gasteiger partial charge in [0.1, 0.15) is 11.6 Å². The van der Waals surface area contributed by atoms with E-state index in [1.807, 2.05) is 6.20 Å². The van der Waals surface area contributed by atoms with Crippen molar-refractivity contribution in [3.8, 4) is 5.75 Å². The lowest BCUT2D eigenvalue weighted by atomic mass is 9.63. The van der Waals surface area contributed by atoms with Gasteiger partial charge in [0.15, 0.2) is 0 Å². The van der Waals surface area contributed by atoms with Crippen molar-refractivity contribution in [2.75, 3.05) is 24.3 Å². The summed E-state index contributed by atoms with van der Waals surface area (Å²) in [6, 6.07) is 10.5. The summed E-state index contributed by atoms with van der Waals surface area (Å²) in [5.74, 6) is -1.66. The molecule has 2 aliphatic heterocycles. The molecular formula is C33H39ClFN5O3. The minimum absolute atomic E-state index is 0.00532. The number of aromatic nitrogens is 1. The number of nitrogens with one attached hydrogen (secondary N) is 3. The Hall–Kier alpha value is -3.69. The maximum atomic E-state index is 16.0. The summed E-state index contributed by atoms with van der Waals surface area (Å²) in [6.45, 7) is 11.1. The second-order valence-electron chi connectivity index (χ2n) is 13.1. The first-order chi connectivity index (χ1) is 20.3. The van der Waals surface area contributed by atoms with Crippen molar-refractivity contribution < 1.29 is 18.7 Å². The van der Waals surface area contributed by atoms with Crippen molar-refractivity contribution in [3.63, 3.8) is 0 Å². The smallest absolute Gasteiger partial charge is 0.248 e. The lowest BCUT2D eigenvalue weighted by molar-refractivity contribution is -0.118. The number of primary amides is 1. The molecule has 0 saturated carbocycles. The van der Waals surface area contributed by atoms with Crippen LogP contribution in [0.2, 0.25) is 5.02 Å². The van der Waals surface area contributed by atoms with Gasteiger partial charge in [-0.1, -0.05) is 58.4 Å². The van der Waals surface area contributed by atoms with Crippen LogP contribution in [-0.2, 0) is 10.2 Å². The van der Waals surface area contributed by atoms with E-state index in [0.717, 1.165) is 16.9 Å². The molecule has 2 aromatic carbocycles. The molecule has 4 unspecified atom stereocenters. The third-order valence-corrected chi connectivity index (χ3v) is 8.93. The van der Waals surface area contributed by atoms with Crippen LogP contribution in [0.3, 0.4) is 0 Å². The van der Waals surface area contributed by atoms with E-state index in [-0.39, 0.29) is 39.6 Å². The number of amides is 2. The highest BCUT2D eigenvalue weighted by Crippen LogP contribution is 2.56. The lowest BCUT2D eigenvalue weighted by Crippen LogP contribution is -2.46. The van der Waals surface area contributed by atoms with Gasteiger partial charge >= 0.3 is 0 Å². The molecule has 1 aromatic heterocycles. The molecule has 43 heavy (non-hydrogen) atoms. The van der Waals surface area contributed by atoms with Gasteiger partial charge in [-0.05, 0) is 53.6 Å². The van der Waals surface area contributed by atoms with Crippen LogP contribution in [0.5, 0.6) is 5.75 Å². The zero-order valence-corrected chi connectivity index (χ0v) is 26.1. The lowest BCUT2D eigenvalue weighted by Gasteiger charge is -2.39. The molecular weight excluding hydrogens is 569 g/mol. The Balaban J connectivity index is 1.67. The van der Waals surface area contributed by atoms with Gasteiger partial charge in [-0.2, -0.15) is 0 Å². The molecule has 2 amide bonds. The third-order valence-electron chi connectivity index (χ3n) is 8.64. The van der Waals surface area contributed by atoms with Crippen LogP contribution in [0.15, 0.2) is 48.7 Å². The zero-order valence-electron chi connectivity index (χ0n) is 25.3. The molecule has 228 valence electrons. The van der Waals surface area contributed by atoms with E-state index in [0.29, 0.717) is 24.2 Å². The summed E-state index contributed by atoms with van der Waals surface area (Å²) in [7, 11) is 1.45. The van der Waals surface area contributed by atoms with Gasteiger partial charge in [0, 0.05) is 52.6 Å². The normalized spacial score (nSPS) is 22.9. The number of anilines is 2. The van der Waals surface area contributed by atoms with E-state index in [1.165, 1.54) is 25.3 Å². The van der Waals surface area contributed by atoms with Gasteiger partial charge < -0.3 is 26.4 Å². The maximum Gasteiger partial charge on any atom is 0.248 e. The average molecular weight is 608 g/mol. The number of ether oxygens (including phenoxy) is 1. The predicted octanol–water partition coefficient (Wildman–Crippen LogP) is 5.97. The van der Waals surface area contributed by atoms with Gasteiger partial charge in [0.05, 0.1) is 23.9 Å². The molecule has 10 heteroatoms. The molecule has 2 aliphatic rings. The standard InChI is InChI=1S/C33H39ClFN5O3/c1-17(2)23-13-24-20(15-37-23)33(16-38-24)26(14-32(3,4)5)40-29(27(33)19-8-7-9-21(34)28(19)35)31(42)39-22-11-10-18(30(36)41)12-25(22)43-6/h7-13,15,17,26-27,29,38,40H,14,16H2,1-6H3,(H2,36,41)(H,39,42). The molecule has 0 aliphatic carbocycles. The third kappa shape index (κ3) is 5.56. The van der Waals surface area contributed by atoms with E-state index in [2.05, 4.69) is 56.6 Å². The van der Waals surface area contributed by atoms with Gasteiger partial charge in [-0.25, -0.2) is 4.39 Å². The molecule has 3 aromatic rings. The van der Waals surface area contributed by atoms with Crippen molar-refractivity contribution in [2.45, 2.75) is 70.4 Å². The van der Waals surface area contributed by atoms with E-state index in [1.54, 1.807) is 18.2 Å². The number of nitrogens with zero attached hydrogens (tertiary/aromatic N) is 1. The molecule has 0 bridgehead atoms. The summed E-state index contributed by atoms with van der Waals surface area (Å²) in [4.78, 5) is 30.8. The molecule has 1 spiro atoms. The maximum absolute atomic E-state index is 16.0. The molecule has 8 nitrogen and oxygen atoms in total. The average Bonchev–Trinajstić information content (AvgIpc) is 3.48. The summed E-state index contributed by atoms with van der Waals surface area (Å²) < 4.78 is 21.5. The Morgan fingerprint density at radius 3 is 2.63 bits per heavy atom. The summed E-state index contributed by atoms with van der Waals surface area (Å²) in [5.41, 5.74) is 8.42. The van der Waals surface area contributed by atoms with Crippen LogP contribution >= 0.6 is 11.6 Å². The molecule has 5 rings (SSSR count). The van der Waals surface area contributed by atoms with Crippen LogP contribution in [0, 0.1) is 11.2 Å². The first kappa shape index (κ1) is 30.8. The number of hydrogen-bond donors (Lipinski definition) is 4. The number of nitrogens with two attached hydrogens (primary N) is 1. The van der Waals surface area contributed by atoms with Crippen molar-refractivity contribution in [3.05, 3.63) is 81.9 Å². The second kappa shape index (κ2) is 11.4. The van der Waals surface area contributed by atoms with Gasteiger partial charge in [0.2, 0.25) is 11.8 Å². The fourth-order valence-electron chi connectivity index (χ4n) is 6.66. The van der Waals surface area contributed by atoms with Crippen molar-refractivity contribution >= 4 is 34.8 Å². The Kier molecular flexibility index (Phi) is 8.17. The number of methoxy groups -OCH3 is 1. The van der Waals surface area contributed by atoms with Crippen LogP contribution in [0.1, 0.15) is 80.1 Å². The molecule has 0 radical (unpaired) electrons. The van der Waals surface area contributed by atoms with Gasteiger partial charge in [0.25, 0.3) is 0 Å². The van der Waals surface area contributed by atoms with Crippen LogP contribution in [-0.4, -0.2) is 42.5 Å². The second-order valence-corrected chi connectivity index (χ2v) is 13.5. The number of carbonyl (C=O) groups excluding carboxylic acids is 2. The highest BCUT2D eigenvalue weighted by molar-refractivity contribution is 6.30. The first-order valence-corrected chi connectivity index (χ1v) is 14.9. The Morgan fingerprint density at radius 1 is 1.23 bits per heavy atom. The Labute approximate surface area is 256 Å². The largest absolute Gasteiger partial charge is 0.495 e. The SMILES string of the molecule is COc1cc(C(N)=O)ccc1NC(=O)C1NC(CC(C)(C)C)C2(CNc3cc(C(C)C)ncc32)C1c1cccc(Cl)c1F. The van der Waals surface area contributed by atoms with E-state index in [4.69, 9.17) is 27.1 Å².